The number of halogens is 1. The minimum Gasteiger partial charge on any atom is -0.394 e. The van der Waals surface area contributed by atoms with E-state index < -0.39 is 0 Å². The minimum atomic E-state index is -0.197. The number of nitrogen functional groups attached to an aromatic ring is 1. The molecular weight excluding hydrogens is 258 g/mol. The smallest absolute Gasteiger partial charge is 0.226 e. The summed E-state index contributed by atoms with van der Waals surface area (Å²) in [5.41, 5.74) is 6.79. The highest BCUT2D eigenvalue weighted by atomic mass is 35.5. The van der Waals surface area contributed by atoms with E-state index in [1.807, 2.05) is 0 Å². The summed E-state index contributed by atoms with van der Waals surface area (Å²) >= 11 is 5.79. The summed E-state index contributed by atoms with van der Waals surface area (Å²) in [4.78, 5) is 12.1. The molecule has 1 aliphatic heterocycles. The Hall–Kier alpha value is -1.44. The van der Waals surface area contributed by atoms with Gasteiger partial charge in [-0.05, 0) is 24.4 Å². The van der Waals surface area contributed by atoms with E-state index in [9.17, 15) is 0 Å². The van der Waals surface area contributed by atoms with Crippen LogP contribution in [0.1, 0.15) is 19.1 Å². The van der Waals surface area contributed by atoms with E-state index in [1.165, 1.54) is 0 Å². The molecule has 2 aromatic rings. The fraction of sp³-hybridized carbons (Fsp3) is 0.500. The first-order valence-corrected chi connectivity index (χ1v) is 5.98. The zero-order chi connectivity index (χ0) is 12.7. The van der Waals surface area contributed by atoms with Gasteiger partial charge in [0.1, 0.15) is 11.7 Å². The van der Waals surface area contributed by atoms with Crippen LogP contribution in [0.4, 0.5) is 5.82 Å². The molecule has 7 nitrogen and oxygen atoms in total. The maximum atomic E-state index is 9.07. The number of aliphatic hydroxyl groups is 1. The van der Waals surface area contributed by atoms with E-state index in [-0.39, 0.29) is 30.0 Å². The van der Waals surface area contributed by atoms with Crippen LogP contribution in [0.15, 0.2) is 6.33 Å². The summed E-state index contributed by atoms with van der Waals surface area (Å²) in [6, 6.07) is 0. The number of fused-ring (bicyclic) bond motifs is 1. The van der Waals surface area contributed by atoms with Gasteiger partial charge in [-0.1, -0.05) is 0 Å². The second-order valence-corrected chi connectivity index (χ2v) is 4.51. The SMILES string of the molecule is Nc1nc(Cl)nc2c1ncn2C1CC[C@@H](CO)O1. The topological polar surface area (TPSA) is 99.1 Å². The molecule has 2 atom stereocenters. The van der Waals surface area contributed by atoms with Crippen molar-refractivity contribution in [3.8, 4) is 0 Å². The minimum absolute atomic E-state index is 0.0149. The number of anilines is 1. The average Bonchev–Trinajstić information content (AvgIpc) is 2.93. The van der Waals surface area contributed by atoms with Crippen molar-refractivity contribution in [2.24, 2.45) is 0 Å². The Labute approximate surface area is 108 Å². The van der Waals surface area contributed by atoms with E-state index in [2.05, 4.69) is 15.0 Å². The third-order valence-electron chi connectivity index (χ3n) is 3.02. The zero-order valence-corrected chi connectivity index (χ0v) is 10.2. The third kappa shape index (κ3) is 1.80. The molecule has 2 aromatic heterocycles. The van der Waals surface area contributed by atoms with Crippen molar-refractivity contribution in [1.82, 2.24) is 19.5 Å². The standard InChI is InChI=1S/C10H12ClN5O2/c11-10-14-8(12)7-9(15-10)16(4-13-7)6-2-1-5(3-17)18-6/h4-6,17H,1-3H2,(H2,12,14,15)/t5-,6?/m0/s1. The molecule has 1 fully saturated rings. The number of aromatic nitrogens is 4. The van der Waals surface area contributed by atoms with Gasteiger partial charge in [0, 0.05) is 0 Å². The predicted octanol–water partition coefficient (Wildman–Crippen LogP) is 0.732. The normalized spacial score (nSPS) is 23.9. The monoisotopic (exact) mass is 269 g/mol. The van der Waals surface area contributed by atoms with Gasteiger partial charge in [-0.3, -0.25) is 4.57 Å². The largest absolute Gasteiger partial charge is 0.394 e. The molecule has 0 bridgehead atoms. The first kappa shape index (κ1) is 11.6. The highest BCUT2D eigenvalue weighted by molar-refractivity contribution is 6.28. The summed E-state index contributed by atoms with van der Waals surface area (Å²) < 4.78 is 7.44. The first-order chi connectivity index (χ1) is 8.69. The van der Waals surface area contributed by atoms with Crippen molar-refractivity contribution in [2.45, 2.75) is 25.2 Å². The van der Waals surface area contributed by atoms with E-state index in [0.29, 0.717) is 11.2 Å². The quantitative estimate of drug-likeness (QED) is 0.780. The molecule has 0 spiro atoms. The summed E-state index contributed by atoms with van der Waals surface area (Å²) in [6.45, 7) is 0.0149. The molecule has 0 saturated carbocycles. The van der Waals surface area contributed by atoms with E-state index in [4.69, 9.17) is 27.2 Å². The van der Waals surface area contributed by atoms with Crippen molar-refractivity contribution in [3.63, 3.8) is 0 Å². The molecule has 0 radical (unpaired) electrons. The number of aliphatic hydroxyl groups excluding tert-OH is 1. The van der Waals surface area contributed by atoms with Crippen molar-refractivity contribution in [1.29, 1.82) is 0 Å². The van der Waals surface area contributed by atoms with Gasteiger partial charge >= 0.3 is 0 Å². The fourth-order valence-corrected chi connectivity index (χ4v) is 2.32. The lowest BCUT2D eigenvalue weighted by Gasteiger charge is -2.13. The van der Waals surface area contributed by atoms with Crippen molar-refractivity contribution in [2.75, 3.05) is 12.3 Å². The second kappa shape index (κ2) is 4.34. The Kier molecular flexibility index (Phi) is 2.81. The van der Waals surface area contributed by atoms with Crippen LogP contribution in [0.5, 0.6) is 0 Å². The lowest BCUT2D eigenvalue weighted by molar-refractivity contribution is -0.0207. The fourth-order valence-electron chi connectivity index (χ4n) is 2.15. The van der Waals surface area contributed by atoms with Gasteiger partial charge < -0.3 is 15.6 Å². The number of nitrogens with two attached hydrogens (primary N) is 1. The van der Waals surface area contributed by atoms with Crippen molar-refractivity contribution >= 4 is 28.6 Å². The summed E-state index contributed by atoms with van der Waals surface area (Å²) in [5, 5.41) is 9.15. The molecule has 3 heterocycles. The Morgan fingerprint density at radius 2 is 2.33 bits per heavy atom. The molecule has 3 rings (SSSR count). The zero-order valence-electron chi connectivity index (χ0n) is 9.45. The number of imidazole rings is 1. The Balaban J connectivity index is 2.03. The number of hydrogen-bond acceptors (Lipinski definition) is 6. The van der Waals surface area contributed by atoms with Crippen LogP contribution in [-0.4, -0.2) is 37.3 Å². The third-order valence-corrected chi connectivity index (χ3v) is 3.19. The van der Waals surface area contributed by atoms with Gasteiger partial charge in [-0.2, -0.15) is 9.97 Å². The van der Waals surface area contributed by atoms with Crippen LogP contribution < -0.4 is 5.73 Å². The van der Waals surface area contributed by atoms with Crippen molar-refractivity contribution in [3.05, 3.63) is 11.6 Å². The molecule has 0 amide bonds. The lowest BCUT2D eigenvalue weighted by Crippen LogP contribution is -2.14. The maximum Gasteiger partial charge on any atom is 0.226 e. The number of nitrogens with zero attached hydrogens (tertiary/aromatic N) is 4. The molecule has 1 saturated heterocycles. The molecule has 8 heteroatoms. The van der Waals surface area contributed by atoms with Crippen LogP contribution in [0.2, 0.25) is 5.28 Å². The van der Waals surface area contributed by atoms with Crippen LogP contribution in [0.25, 0.3) is 11.2 Å². The van der Waals surface area contributed by atoms with E-state index in [0.717, 1.165) is 12.8 Å². The highest BCUT2D eigenvalue weighted by Crippen LogP contribution is 2.31. The molecule has 96 valence electrons. The summed E-state index contributed by atoms with van der Waals surface area (Å²) in [6.07, 6.45) is 2.86. The molecule has 1 aliphatic rings. The highest BCUT2D eigenvalue weighted by Gasteiger charge is 2.27. The van der Waals surface area contributed by atoms with E-state index >= 15 is 0 Å². The Morgan fingerprint density at radius 1 is 1.50 bits per heavy atom. The summed E-state index contributed by atoms with van der Waals surface area (Å²) in [5.74, 6) is 0.250. The van der Waals surface area contributed by atoms with Gasteiger partial charge in [-0.25, -0.2) is 4.98 Å². The number of hydrogen-bond donors (Lipinski definition) is 2. The molecule has 3 N–H and O–H groups in total. The second-order valence-electron chi connectivity index (χ2n) is 4.17. The molecule has 1 unspecified atom stereocenters. The number of ether oxygens (including phenoxy) is 1. The molecule has 0 aromatic carbocycles. The van der Waals surface area contributed by atoms with Crippen LogP contribution in [0.3, 0.4) is 0 Å². The van der Waals surface area contributed by atoms with Gasteiger partial charge in [0.05, 0.1) is 19.0 Å². The van der Waals surface area contributed by atoms with Gasteiger partial charge in [0.25, 0.3) is 0 Å². The van der Waals surface area contributed by atoms with Crippen LogP contribution >= 0.6 is 11.6 Å². The first-order valence-electron chi connectivity index (χ1n) is 5.61. The summed E-state index contributed by atoms with van der Waals surface area (Å²) in [7, 11) is 0. The molecule has 18 heavy (non-hydrogen) atoms. The average molecular weight is 270 g/mol. The molecular formula is C10H12ClN5O2. The van der Waals surface area contributed by atoms with E-state index in [1.54, 1.807) is 10.9 Å². The van der Waals surface area contributed by atoms with Gasteiger partial charge in [0.15, 0.2) is 11.5 Å². The number of rotatable bonds is 2. The van der Waals surface area contributed by atoms with Gasteiger partial charge in [-0.15, -0.1) is 0 Å². The van der Waals surface area contributed by atoms with Crippen molar-refractivity contribution < 1.29 is 9.84 Å². The van der Waals surface area contributed by atoms with Gasteiger partial charge in [0.2, 0.25) is 5.28 Å². The Morgan fingerprint density at radius 3 is 3.06 bits per heavy atom. The van der Waals surface area contributed by atoms with Crippen LogP contribution in [-0.2, 0) is 4.74 Å². The lowest BCUT2D eigenvalue weighted by atomic mass is 10.2. The Bertz CT molecular complexity index is 587. The predicted molar refractivity (Wildman–Crippen MR) is 65.0 cm³/mol. The molecule has 0 aliphatic carbocycles. The van der Waals surface area contributed by atoms with Crippen LogP contribution in [0, 0.1) is 0 Å². The maximum absolute atomic E-state index is 9.07.